The van der Waals surface area contributed by atoms with Crippen LogP contribution in [-0.4, -0.2) is 48.8 Å². The van der Waals surface area contributed by atoms with Crippen molar-refractivity contribution in [2.24, 2.45) is 0 Å². The first-order chi connectivity index (χ1) is 6.61. The lowest BCUT2D eigenvalue weighted by Crippen LogP contribution is -2.42. The number of carbonyl (C=O) groups excluding carboxylic acids is 1. The van der Waals surface area contributed by atoms with E-state index in [1.165, 1.54) is 7.11 Å². The minimum atomic E-state index is -1.01. The number of hydrogen-bond donors (Lipinski definition) is 2. The number of carbonyl (C=O) groups is 2. The van der Waals surface area contributed by atoms with Gasteiger partial charge in [0.2, 0.25) is 5.91 Å². The van der Waals surface area contributed by atoms with E-state index in [2.05, 4.69) is 10.1 Å². The highest BCUT2D eigenvalue weighted by molar-refractivity contribution is 7.98. The number of nitrogens with one attached hydrogen (secondary N) is 1. The molecule has 0 aliphatic heterocycles. The number of aliphatic carboxylic acids is 1. The standard InChI is InChI=1S/C8H15NO4S/c1-13-5-7(10)9-6(8(11)12)3-4-14-2/h6H,3-5H2,1-2H3,(H,9,10)(H,11,12). The van der Waals surface area contributed by atoms with E-state index >= 15 is 0 Å². The van der Waals surface area contributed by atoms with Gasteiger partial charge in [0.05, 0.1) is 0 Å². The second kappa shape index (κ2) is 7.64. The molecule has 6 heteroatoms. The average Bonchev–Trinajstić information content (AvgIpc) is 2.12. The summed E-state index contributed by atoms with van der Waals surface area (Å²) in [5, 5.41) is 11.1. The number of carboxylic acid groups (broad SMARTS) is 1. The molecule has 0 saturated heterocycles. The zero-order valence-corrected chi connectivity index (χ0v) is 9.10. The predicted molar refractivity (Wildman–Crippen MR) is 54.4 cm³/mol. The molecule has 0 aliphatic carbocycles. The molecule has 2 N–H and O–H groups in total. The van der Waals surface area contributed by atoms with Crippen LogP contribution >= 0.6 is 11.8 Å². The highest BCUT2D eigenvalue weighted by atomic mass is 32.2. The molecule has 1 atom stereocenters. The number of hydrogen-bond acceptors (Lipinski definition) is 4. The number of amides is 1. The second-order valence-corrected chi connectivity index (χ2v) is 3.66. The molecule has 5 nitrogen and oxygen atoms in total. The summed E-state index contributed by atoms with van der Waals surface area (Å²) in [5.41, 5.74) is 0. The van der Waals surface area contributed by atoms with Crippen LogP contribution in [0.1, 0.15) is 6.42 Å². The summed E-state index contributed by atoms with van der Waals surface area (Å²) in [6, 6.07) is -0.815. The van der Waals surface area contributed by atoms with Crippen molar-refractivity contribution in [3.8, 4) is 0 Å². The van der Waals surface area contributed by atoms with Crippen molar-refractivity contribution in [1.29, 1.82) is 0 Å². The van der Waals surface area contributed by atoms with Crippen LogP contribution in [0.4, 0.5) is 0 Å². The van der Waals surface area contributed by atoms with Crippen LogP contribution in [0.25, 0.3) is 0 Å². The maximum Gasteiger partial charge on any atom is 0.326 e. The summed E-state index contributed by atoms with van der Waals surface area (Å²) >= 11 is 1.54. The third kappa shape index (κ3) is 5.82. The van der Waals surface area contributed by atoms with Gasteiger partial charge in [-0.25, -0.2) is 4.79 Å². The molecular weight excluding hydrogens is 206 g/mol. The van der Waals surface area contributed by atoms with Gasteiger partial charge in [-0.2, -0.15) is 11.8 Å². The highest BCUT2D eigenvalue weighted by Gasteiger charge is 2.18. The molecule has 14 heavy (non-hydrogen) atoms. The minimum Gasteiger partial charge on any atom is -0.480 e. The van der Waals surface area contributed by atoms with Gasteiger partial charge in [-0.1, -0.05) is 0 Å². The largest absolute Gasteiger partial charge is 0.480 e. The second-order valence-electron chi connectivity index (χ2n) is 2.67. The zero-order chi connectivity index (χ0) is 11.0. The van der Waals surface area contributed by atoms with Crippen LogP contribution in [0.3, 0.4) is 0 Å². The van der Waals surface area contributed by atoms with E-state index < -0.39 is 17.9 Å². The monoisotopic (exact) mass is 221 g/mol. The smallest absolute Gasteiger partial charge is 0.326 e. The Morgan fingerprint density at radius 3 is 2.64 bits per heavy atom. The summed E-state index contributed by atoms with van der Waals surface area (Å²) in [6.07, 6.45) is 2.31. The quantitative estimate of drug-likeness (QED) is 0.630. The number of methoxy groups -OCH3 is 1. The van der Waals surface area contributed by atoms with Crippen LogP contribution < -0.4 is 5.32 Å². The number of rotatable bonds is 7. The molecule has 1 unspecified atom stereocenters. The third-order valence-corrected chi connectivity index (χ3v) is 2.16. The van der Waals surface area contributed by atoms with Gasteiger partial charge in [0, 0.05) is 7.11 Å². The number of thioether (sulfide) groups is 1. The van der Waals surface area contributed by atoms with Gasteiger partial charge in [-0.05, 0) is 18.4 Å². The highest BCUT2D eigenvalue weighted by Crippen LogP contribution is 2.00. The van der Waals surface area contributed by atoms with Gasteiger partial charge >= 0.3 is 5.97 Å². The fourth-order valence-electron chi connectivity index (χ4n) is 0.860. The van der Waals surface area contributed by atoms with Crippen molar-refractivity contribution < 1.29 is 19.4 Å². The Bertz CT molecular complexity index is 198. The van der Waals surface area contributed by atoms with Crippen molar-refractivity contribution in [1.82, 2.24) is 5.32 Å². The molecule has 0 aromatic rings. The Morgan fingerprint density at radius 1 is 1.57 bits per heavy atom. The molecule has 0 heterocycles. The van der Waals surface area contributed by atoms with Gasteiger partial charge in [-0.3, -0.25) is 4.79 Å². The van der Waals surface area contributed by atoms with Crippen molar-refractivity contribution in [2.45, 2.75) is 12.5 Å². The van der Waals surface area contributed by atoms with Gasteiger partial charge in [-0.15, -0.1) is 0 Å². The average molecular weight is 221 g/mol. The first-order valence-corrected chi connectivity index (χ1v) is 5.51. The first-order valence-electron chi connectivity index (χ1n) is 4.11. The van der Waals surface area contributed by atoms with Crippen molar-refractivity contribution >= 4 is 23.6 Å². The van der Waals surface area contributed by atoms with E-state index in [-0.39, 0.29) is 6.61 Å². The van der Waals surface area contributed by atoms with Gasteiger partial charge in [0.15, 0.2) is 0 Å². The fraction of sp³-hybridized carbons (Fsp3) is 0.750. The van der Waals surface area contributed by atoms with Crippen molar-refractivity contribution in [3.63, 3.8) is 0 Å². The summed E-state index contributed by atoms with van der Waals surface area (Å²) in [6.45, 7) is -0.108. The Kier molecular flexibility index (Phi) is 7.23. The SMILES string of the molecule is COCC(=O)NC(CCSC)C(=O)O. The van der Waals surface area contributed by atoms with E-state index in [4.69, 9.17) is 5.11 Å². The number of ether oxygens (including phenoxy) is 1. The topological polar surface area (TPSA) is 75.6 Å². The summed E-state index contributed by atoms with van der Waals surface area (Å²) < 4.78 is 4.58. The Balaban J connectivity index is 3.95. The van der Waals surface area contributed by atoms with Gasteiger partial charge in [0.1, 0.15) is 12.6 Å². The molecule has 0 spiro atoms. The zero-order valence-electron chi connectivity index (χ0n) is 8.28. The molecule has 0 fully saturated rings. The summed E-state index contributed by atoms with van der Waals surface area (Å²) in [7, 11) is 1.39. The third-order valence-electron chi connectivity index (χ3n) is 1.52. The van der Waals surface area contributed by atoms with Crippen LogP contribution in [0, 0.1) is 0 Å². The predicted octanol–water partition coefficient (Wildman–Crippen LogP) is -0.0447. The lowest BCUT2D eigenvalue weighted by molar-refractivity contribution is -0.142. The molecule has 1 amide bonds. The first kappa shape index (κ1) is 13.2. The van der Waals surface area contributed by atoms with Crippen molar-refractivity contribution in [2.75, 3.05) is 25.7 Å². The molecule has 0 radical (unpaired) electrons. The van der Waals surface area contributed by atoms with Crippen LogP contribution in [0.15, 0.2) is 0 Å². The van der Waals surface area contributed by atoms with E-state index in [9.17, 15) is 9.59 Å². The fourth-order valence-corrected chi connectivity index (χ4v) is 1.33. The minimum absolute atomic E-state index is 0.108. The van der Waals surface area contributed by atoms with Gasteiger partial charge < -0.3 is 15.2 Å². The molecule has 82 valence electrons. The van der Waals surface area contributed by atoms with Gasteiger partial charge in [0.25, 0.3) is 0 Å². The molecule has 0 aliphatic rings. The normalized spacial score (nSPS) is 12.1. The molecular formula is C8H15NO4S. The lowest BCUT2D eigenvalue weighted by Gasteiger charge is -2.13. The summed E-state index contributed by atoms with van der Waals surface area (Å²) in [5.74, 6) is -0.714. The van der Waals surface area contributed by atoms with Crippen molar-refractivity contribution in [3.05, 3.63) is 0 Å². The van der Waals surface area contributed by atoms with E-state index in [1.54, 1.807) is 11.8 Å². The van der Waals surface area contributed by atoms with Crippen LogP contribution in [-0.2, 0) is 14.3 Å². The van der Waals surface area contributed by atoms with E-state index in [1.807, 2.05) is 6.26 Å². The molecule has 0 aromatic carbocycles. The Labute approximate surface area is 87.2 Å². The molecule has 0 saturated carbocycles. The Morgan fingerprint density at radius 2 is 2.21 bits per heavy atom. The van der Waals surface area contributed by atoms with E-state index in [0.29, 0.717) is 12.2 Å². The number of carboxylic acids is 1. The Hall–Kier alpha value is -0.750. The van der Waals surface area contributed by atoms with E-state index in [0.717, 1.165) is 0 Å². The molecule has 0 rings (SSSR count). The molecule has 0 aromatic heterocycles. The van der Waals surface area contributed by atoms with Crippen LogP contribution in [0.2, 0.25) is 0 Å². The lowest BCUT2D eigenvalue weighted by atomic mass is 10.2. The maximum absolute atomic E-state index is 11.0. The summed E-state index contributed by atoms with van der Waals surface area (Å²) in [4.78, 5) is 21.7. The molecule has 0 bridgehead atoms. The van der Waals surface area contributed by atoms with Crippen LogP contribution in [0.5, 0.6) is 0 Å². The maximum atomic E-state index is 11.0.